The molecule has 0 spiro atoms. The molecule has 1 aromatic rings. The Morgan fingerprint density at radius 1 is 1.26 bits per heavy atom. The van der Waals surface area contributed by atoms with Crippen molar-refractivity contribution in [2.24, 2.45) is 4.99 Å². The van der Waals surface area contributed by atoms with E-state index in [4.69, 9.17) is 0 Å². The van der Waals surface area contributed by atoms with Crippen LogP contribution in [0.3, 0.4) is 0 Å². The molecule has 0 saturated carbocycles. The van der Waals surface area contributed by atoms with Gasteiger partial charge in [0.15, 0.2) is 0 Å². The molecule has 1 heterocycles. The number of hydrogen-bond acceptors (Lipinski definition) is 2. The second-order valence-electron chi connectivity index (χ2n) is 4.58. The van der Waals surface area contributed by atoms with Crippen LogP contribution in [0, 0.1) is 0 Å². The summed E-state index contributed by atoms with van der Waals surface area (Å²) in [5, 5.41) is 1.58. The molecule has 126 valence electrons. The van der Waals surface area contributed by atoms with Gasteiger partial charge in [-0.1, -0.05) is 71.4 Å². The highest BCUT2D eigenvalue weighted by Crippen LogP contribution is 2.32. The SMILES string of the molecule is C/C(=C\C=C1/CN=C(c2ccc(C(F)(F)F)cc2)S1)CBr.CC. The molecule has 0 aliphatic carbocycles. The standard InChI is InChI=1S/C15H13BrF3NS.C2H6/c1-10(8-16)2-7-13-9-20-14(21-13)11-3-5-12(6-4-11)15(17,18)19;1-2/h2-7H,8-9H2,1H3;1-2H3/b10-2+,13-7+;. The zero-order chi connectivity index (χ0) is 17.5. The molecule has 0 aromatic heterocycles. The molecule has 1 aliphatic heterocycles. The van der Waals surface area contributed by atoms with E-state index in [0.29, 0.717) is 6.54 Å². The average Bonchev–Trinajstić information content (AvgIpc) is 3.03. The second kappa shape index (κ2) is 9.33. The van der Waals surface area contributed by atoms with E-state index in [1.807, 2.05) is 32.9 Å². The summed E-state index contributed by atoms with van der Waals surface area (Å²) >= 11 is 4.87. The molecule has 0 atom stereocenters. The van der Waals surface area contributed by atoms with Crippen LogP contribution in [0.1, 0.15) is 31.9 Å². The van der Waals surface area contributed by atoms with Gasteiger partial charge in [0.1, 0.15) is 5.04 Å². The maximum atomic E-state index is 12.5. The minimum atomic E-state index is -4.30. The Balaban J connectivity index is 0.00000127. The number of allylic oxidation sites excluding steroid dienone is 3. The van der Waals surface area contributed by atoms with E-state index in [1.165, 1.54) is 29.5 Å². The monoisotopic (exact) mass is 405 g/mol. The van der Waals surface area contributed by atoms with Crippen molar-refractivity contribution in [1.29, 1.82) is 0 Å². The maximum Gasteiger partial charge on any atom is 0.416 e. The summed E-state index contributed by atoms with van der Waals surface area (Å²) in [6, 6.07) is 5.12. The lowest BCUT2D eigenvalue weighted by Crippen LogP contribution is -2.05. The highest BCUT2D eigenvalue weighted by atomic mass is 79.9. The number of nitrogens with zero attached hydrogens (tertiary/aromatic N) is 1. The van der Waals surface area contributed by atoms with Crippen molar-refractivity contribution in [2.45, 2.75) is 26.9 Å². The van der Waals surface area contributed by atoms with Gasteiger partial charge in [-0.05, 0) is 19.1 Å². The van der Waals surface area contributed by atoms with Crippen LogP contribution >= 0.6 is 27.7 Å². The van der Waals surface area contributed by atoms with Gasteiger partial charge in [0.05, 0.1) is 12.1 Å². The van der Waals surface area contributed by atoms with E-state index in [0.717, 1.165) is 33.0 Å². The topological polar surface area (TPSA) is 12.4 Å². The van der Waals surface area contributed by atoms with Crippen LogP contribution in [-0.4, -0.2) is 16.9 Å². The van der Waals surface area contributed by atoms with Gasteiger partial charge in [0.2, 0.25) is 0 Å². The summed E-state index contributed by atoms with van der Waals surface area (Å²) in [6.45, 7) is 6.59. The molecule has 0 radical (unpaired) electrons. The van der Waals surface area contributed by atoms with E-state index in [1.54, 1.807) is 0 Å². The zero-order valence-corrected chi connectivity index (χ0v) is 15.6. The van der Waals surface area contributed by atoms with E-state index in [-0.39, 0.29) is 0 Å². The molecule has 0 unspecified atom stereocenters. The fourth-order valence-corrected chi connectivity index (χ4v) is 2.74. The molecule has 6 heteroatoms. The fraction of sp³-hybridized carbons (Fsp3) is 0.353. The molecule has 0 bridgehead atoms. The first-order valence-corrected chi connectivity index (χ1v) is 9.16. The number of benzene rings is 1. The number of thioether (sulfide) groups is 1. The summed E-state index contributed by atoms with van der Waals surface area (Å²) in [5.74, 6) is 0. The van der Waals surface area contributed by atoms with Gasteiger partial charge in [0, 0.05) is 15.8 Å². The number of rotatable bonds is 3. The maximum absolute atomic E-state index is 12.5. The Morgan fingerprint density at radius 2 is 1.87 bits per heavy atom. The lowest BCUT2D eigenvalue weighted by atomic mass is 10.1. The molecule has 0 fully saturated rings. The number of aliphatic imine (C=N–C) groups is 1. The van der Waals surface area contributed by atoms with Crippen molar-refractivity contribution in [3.8, 4) is 0 Å². The average molecular weight is 406 g/mol. The third-order valence-corrected chi connectivity index (χ3v) is 4.80. The van der Waals surface area contributed by atoms with Gasteiger partial charge in [0.25, 0.3) is 0 Å². The van der Waals surface area contributed by atoms with Crippen molar-refractivity contribution < 1.29 is 13.2 Å². The molecule has 1 aliphatic rings. The third kappa shape index (κ3) is 6.18. The first-order valence-electron chi connectivity index (χ1n) is 7.22. The molecule has 1 nitrogen and oxygen atoms in total. The van der Waals surface area contributed by atoms with Gasteiger partial charge in [-0.3, -0.25) is 4.99 Å². The van der Waals surface area contributed by atoms with Crippen LogP contribution < -0.4 is 0 Å². The first kappa shape index (κ1) is 20.0. The summed E-state index contributed by atoms with van der Waals surface area (Å²) < 4.78 is 37.5. The minimum absolute atomic E-state index is 0.576. The third-order valence-electron chi connectivity index (χ3n) is 2.83. The van der Waals surface area contributed by atoms with Crippen molar-refractivity contribution in [1.82, 2.24) is 0 Å². The Labute approximate surface area is 147 Å². The van der Waals surface area contributed by atoms with Crippen molar-refractivity contribution in [3.63, 3.8) is 0 Å². The molecular formula is C17H19BrF3NS. The Bertz CT molecular complexity index is 601. The number of alkyl halides is 4. The van der Waals surface area contributed by atoms with E-state index < -0.39 is 11.7 Å². The smallest absolute Gasteiger partial charge is 0.272 e. The Kier molecular flexibility index (Phi) is 8.12. The largest absolute Gasteiger partial charge is 0.416 e. The van der Waals surface area contributed by atoms with Crippen LogP contribution in [0.5, 0.6) is 0 Å². The molecule has 1 aromatic carbocycles. The molecule has 0 saturated heterocycles. The molecule has 2 rings (SSSR count). The minimum Gasteiger partial charge on any atom is -0.272 e. The quantitative estimate of drug-likeness (QED) is 0.526. The zero-order valence-electron chi connectivity index (χ0n) is 13.2. The lowest BCUT2D eigenvalue weighted by molar-refractivity contribution is -0.137. The van der Waals surface area contributed by atoms with Gasteiger partial charge in [-0.15, -0.1) is 0 Å². The molecule has 0 N–H and O–H groups in total. The van der Waals surface area contributed by atoms with Crippen LogP contribution in [0.2, 0.25) is 0 Å². The van der Waals surface area contributed by atoms with Gasteiger partial charge in [-0.2, -0.15) is 13.2 Å². The summed E-state index contributed by atoms with van der Waals surface area (Å²) in [6.07, 6.45) is -0.281. The van der Waals surface area contributed by atoms with Gasteiger partial charge in [-0.25, -0.2) is 0 Å². The highest BCUT2D eigenvalue weighted by molar-refractivity contribution is 9.09. The first-order chi connectivity index (χ1) is 10.9. The predicted octanol–water partition coefficient (Wildman–Crippen LogP) is 6.45. The summed E-state index contributed by atoms with van der Waals surface area (Å²) in [7, 11) is 0. The number of hydrogen-bond donors (Lipinski definition) is 0. The van der Waals surface area contributed by atoms with Crippen LogP contribution in [0.15, 0.2) is 51.9 Å². The summed E-state index contributed by atoms with van der Waals surface area (Å²) in [5.41, 5.74) is 1.28. The van der Waals surface area contributed by atoms with Gasteiger partial charge >= 0.3 is 6.18 Å². The van der Waals surface area contributed by atoms with Crippen LogP contribution in [-0.2, 0) is 6.18 Å². The van der Waals surface area contributed by atoms with E-state index >= 15 is 0 Å². The van der Waals surface area contributed by atoms with E-state index in [2.05, 4.69) is 20.9 Å². The van der Waals surface area contributed by atoms with Crippen LogP contribution in [0.4, 0.5) is 13.2 Å². The van der Waals surface area contributed by atoms with Crippen LogP contribution in [0.25, 0.3) is 0 Å². The highest BCUT2D eigenvalue weighted by Gasteiger charge is 2.30. The lowest BCUT2D eigenvalue weighted by Gasteiger charge is -2.07. The van der Waals surface area contributed by atoms with E-state index in [9.17, 15) is 13.2 Å². The summed E-state index contributed by atoms with van der Waals surface area (Å²) in [4.78, 5) is 5.46. The van der Waals surface area contributed by atoms with Crippen molar-refractivity contribution in [3.05, 3.63) is 58.0 Å². The Hall–Kier alpha value is -1.01. The molecular weight excluding hydrogens is 387 g/mol. The second-order valence-corrected chi connectivity index (χ2v) is 6.25. The Morgan fingerprint density at radius 3 is 2.39 bits per heavy atom. The normalized spacial score (nSPS) is 16.9. The fourth-order valence-electron chi connectivity index (χ4n) is 1.66. The number of halogens is 4. The predicted molar refractivity (Wildman–Crippen MR) is 97.4 cm³/mol. The molecule has 0 amide bonds. The van der Waals surface area contributed by atoms with Gasteiger partial charge < -0.3 is 0 Å². The molecule has 23 heavy (non-hydrogen) atoms. The van der Waals surface area contributed by atoms with Crippen molar-refractivity contribution >= 4 is 32.7 Å². The van der Waals surface area contributed by atoms with Crippen molar-refractivity contribution in [2.75, 3.05) is 11.9 Å².